The van der Waals surface area contributed by atoms with Gasteiger partial charge in [-0.1, -0.05) is 24.3 Å². The van der Waals surface area contributed by atoms with Crippen LogP contribution in [-0.2, 0) is 13.1 Å². The molecule has 15 heavy (non-hydrogen) atoms. The minimum absolute atomic E-state index is 0.399. The van der Waals surface area contributed by atoms with Crippen LogP contribution in [-0.4, -0.2) is 17.5 Å². The molecule has 0 aromatic heterocycles. The molecule has 4 nitrogen and oxygen atoms in total. The van der Waals surface area contributed by atoms with Crippen LogP contribution < -0.4 is 11.5 Å². The molecule has 4 heteroatoms. The Kier molecular flexibility index (Phi) is 4.12. The monoisotopic (exact) mass is 207 g/mol. The molecule has 1 aromatic carbocycles. The molecule has 1 aromatic rings. The van der Waals surface area contributed by atoms with Gasteiger partial charge < -0.3 is 16.4 Å². The number of nitrogens with two attached hydrogens (primary N) is 2. The number of urea groups is 1. The minimum Gasteiger partial charge on any atom is -0.351 e. The minimum atomic E-state index is -0.399. The van der Waals surface area contributed by atoms with Gasteiger partial charge >= 0.3 is 6.03 Å². The predicted octanol–water partition coefficient (Wildman–Crippen LogP) is 1.05. The van der Waals surface area contributed by atoms with Crippen LogP contribution in [0.4, 0.5) is 4.79 Å². The van der Waals surface area contributed by atoms with Gasteiger partial charge in [0, 0.05) is 19.6 Å². The Hall–Kier alpha value is -1.55. The highest BCUT2D eigenvalue weighted by Crippen LogP contribution is 2.10. The summed E-state index contributed by atoms with van der Waals surface area (Å²) in [5.74, 6) is 0. The third-order valence-electron chi connectivity index (χ3n) is 2.39. The number of amides is 2. The van der Waals surface area contributed by atoms with E-state index in [4.69, 9.17) is 11.5 Å². The predicted molar refractivity (Wildman–Crippen MR) is 60.0 cm³/mol. The van der Waals surface area contributed by atoms with Crippen molar-refractivity contribution < 1.29 is 4.79 Å². The molecule has 0 heterocycles. The summed E-state index contributed by atoms with van der Waals surface area (Å²) in [5, 5.41) is 0. The average molecular weight is 207 g/mol. The first-order valence-electron chi connectivity index (χ1n) is 5.00. The molecule has 0 aliphatic rings. The van der Waals surface area contributed by atoms with Crippen LogP contribution in [0.25, 0.3) is 0 Å². The van der Waals surface area contributed by atoms with Crippen LogP contribution >= 0.6 is 0 Å². The molecule has 0 atom stereocenters. The highest BCUT2D eigenvalue weighted by molar-refractivity contribution is 5.72. The van der Waals surface area contributed by atoms with Crippen molar-refractivity contribution in [3.63, 3.8) is 0 Å². The van der Waals surface area contributed by atoms with Gasteiger partial charge in [-0.25, -0.2) is 4.79 Å². The van der Waals surface area contributed by atoms with Crippen molar-refractivity contribution in [2.45, 2.75) is 20.0 Å². The van der Waals surface area contributed by atoms with E-state index in [-0.39, 0.29) is 0 Å². The van der Waals surface area contributed by atoms with Gasteiger partial charge in [-0.15, -0.1) is 0 Å². The van der Waals surface area contributed by atoms with Crippen LogP contribution in [0.5, 0.6) is 0 Å². The SMILES string of the molecule is CCN(Cc1ccccc1CN)C(N)=O. The van der Waals surface area contributed by atoms with Gasteiger partial charge in [0.15, 0.2) is 0 Å². The van der Waals surface area contributed by atoms with Crippen LogP contribution in [0.15, 0.2) is 24.3 Å². The molecule has 4 N–H and O–H groups in total. The molecule has 0 unspecified atom stereocenters. The van der Waals surface area contributed by atoms with Crippen LogP contribution in [0, 0.1) is 0 Å². The Labute approximate surface area is 89.9 Å². The molecule has 0 saturated heterocycles. The van der Waals surface area contributed by atoms with Gasteiger partial charge in [0.05, 0.1) is 0 Å². The quantitative estimate of drug-likeness (QED) is 0.774. The van der Waals surface area contributed by atoms with E-state index < -0.39 is 6.03 Å². The topological polar surface area (TPSA) is 72.3 Å². The molecule has 0 spiro atoms. The molecule has 2 amide bonds. The normalized spacial score (nSPS) is 10.0. The molecule has 82 valence electrons. The van der Waals surface area contributed by atoms with Gasteiger partial charge in [-0.2, -0.15) is 0 Å². The number of hydrogen-bond acceptors (Lipinski definition) is 2. The highest BCUT2D eigenvalue weighted by atomic mass is 16.2. The average Bonchev–Trinajstić information content (AvgIpc) is 2.25. The summed E-state index contributed by atoms with van der Waals surface area (Å²) in [4.78, 5) is 12.6. The molecule has 1 rings (SSSR count). The van der Waals surface area contributed by atoms with Crippen molar-refractivity contribution in [1.29, 1.82) is 0 Å². The van der Waals surface area contributed by atoms with E-state index in [1.54, 1.807) is 4.90 Å². The van der Waals surface area contributed by atoms with Crippen molar-refractivity contribution in [2.75, 3.05) is 6.54 Å². The molecular formula is C11H17N3O. The molecule has 0 aliphatic heterocycles. The maximum Gasteiger partial charge on any atom is 0.315 e. The van der Waals surface area contributed by atoms with Crippen molar-refractivity contribution in [2.24, 2.45) is 11.5 Å². The van der Waals surface area contributed by atoms with Gasteiger partial charge in [0.25, 0.3) is 0 Å². The Morgan fingerprint density at radius 3 is 2.40 bits per heavy atom. The summed E-state index contributed by atoms with van der Waals surface area (Å²) < 4.78 is 0. The van der Waals surface area contributed by atoms with E-state index in [9.17, 15) is 4.79 Å². The zero-order valence-electron chi connectivity index (χ0n) is 8.94. The Morgan fingerprint density at radius 2 is 1.93 bits per heavy atom. The van der Waals surface area contributed by atoms with E-state index in [1.807, 2.05) is 31.2 Å². The number of hydrogen-bond donors (Lipinski definition) is 2. The van der Waals surface area contributed by atoms with Crippen LogP contribution in [0.2, 0.25) is 0 Å². The summed E-state index contributed by atoms with van der Waals surface area (Å²) in [7, 11) is 0. The summed E-state index contributed by atoms with van der Waals surface area (Å²) in [5.41, 5.74) is 13.0. The molecular weight excluding hydrogens is 190 g/mol. The number of primary amides is 1. The second kappa shape index (κ2) is 5.36. The molecule has 0 bridgehead atoms. The van der Waals surface area contributed by atoms with Crippen LogP contribution in [0.1, 0.15) is 18.1 Å². The summed E-state index contributed by atoms with van der Waals surface area (Å²) in [6.45, 7) is 3.51. The molecule has 0 aliphatic carbocycles. The Bertz CT molecular complexity index is 338. The lowest BCUT2D eigenvalue weighted by molar-refractivity contribution is 0.208. The van der Waals surface area contributed by atoms with Gasteiger partial charge in [-0.05, 0) is 18.1 Å². The Balaban J connectivity index is 2.82. The third-order valence-corrected chi connectivity index (χ3v) is 2.39. The first-order valence-corrected chi connectivity index (χ1v) is 5.00. The van der Waals surface area contributed by atoms with Crippen molar-refractivity contribution in [1.82, 2.24) is 4.90 Å². The summed E-state index contributed by atoms with van der Waals surface area (Å²) in [6.07, 6.45) is 0. The lowest BCUT2D eigenvalue weighted by Gasteiger charge is -2.19. The van der Waals surface area contributed by atoms with Gasteiger partial charge in [-0.3, -0.25) is 0 Å². The third kappa shape index (κ3) is 2.95. The molecule has 0 radical (unpaired) electrons. The van der Waals surface area contributed by atoms with E-state index in [0.29, 0.717) is 19.6 Å². The summed E-state index contributed by atoms with van der Waals surface area (Å²) >= 11 is 0. The lowest BCUT2D eigenvalue weighted by atomic mass is 10.1. The lowest BCUT2D eigenvalue weighted by Crippen LogP contribution is -2.35. The maximum atomic E-state index is 11.1. The molecule has 0 fully saturated rings. The second-order valence-corrected chi connectivity index (χ2v) is 3.33. The van der Waals surface area contributed by atoms with Crippen molar-refractivity contribution >= 4 is 6.03 Å². The van der Waals surface area contributed by atoms with Gasteiger partial charge in [0.1, 0.15) is 0 Å². The zero-order chi connectivity index (χ0) is 11.3. The zero-order valence-corrected chi connectivity index (χ0v) is 8.94. The second-order valence-electron chi connectivity index (χ2n) is 3.33. The summed E-state index contributed by atoms with van der Waals surface area (Å²) in [6, 6.07) is 7.40. The standard InChI is InChI=1S/C11H17N3O/c1-2-14(11(13)15)8-10-6-4-3-5-9(10)7-12/h3-6H,2,7-8,12H2,1H3,(H2,13,15). The number of nitrogens with zero attached hydrogens (tertiary/aromatic N) is 1. The van der Waals surface area contributed by atoms with Crippen molar-refractivity contribution in [3.8, 4) is 0 Å². The number of benzene rings is 1. The number of carbonyl (C=O) groups is 1. The smallest absolute Gasteiger partial charge is 0.315 e. The largest absolute Gasteiger partial charge is 0.351 e. The van der Waals surface area contributed by atoms with Gasteiger partial charge in [0.2, 0.25) is 0 Å². The van der Waals surface area contributed by atoms with E-state index >= 15 is 0 Å². The fourth-order valence-electron chi connectivity index (χ4n) is 1.46. The van der Waals surface area contributed by atoms with E-state index in [1.165, 1.54) is 0 Å². The number of rotatable bonds is 4. The van der Waals surface area contributed by atoms with Crippen LogP contribution in [0.3, 0.4) is 0 Å². The molecule has 0 saturated carbocycles. The highest BCUT2D eigenvalue weighted by Gasteiger charge is 2.09. The van der Waals surface area contributed by atoms with Crippen molar-refractivity contribution in [3.05, 3.63) is 35.4 Å². The maximum absolute atomic E-state index is 11.1. The Morgan fingerprint density at radius 1 is 1.33 bits per heavy atom. The first kappa shape index (κ1) is 11.5. The first-order chi connectivity index (χ1) is 7.19. The van der Waals surface area contributed by atoms with E-state index in [0.717, 1.165) is 11.1 Å². The van der Waals surface area contributed by atoms with E-state index in [2.05, 4.69) is 0 Å². The fourth-order valence-corrected chi connectivity index (χ4v) is 1.46. The number of carbonyl (C=O) groups excluding carboxylic acids is 1. The fraction of sp³-hybridized carbons (Fsp3) is 0.364.